The van der Waals surface area contributed by atoms with E-state index in [0.717, 1.165) is 5.70 Å². The molecule has 1 heterocycles. The van der Waals surface area contributed by atoms with Crippen molar-refractivity contribution in [3.63, 3.8) is 0 Å². The van der Waals surface area contributed by atoms with Crippen molar-refractivity contribution >= 4 is 23.1 Å². The Morgan fingerprint density at radius 3 is 2.62 bits per heavy atom. The zero-order valence-corrected chi connectivity index (χ0v) is 19.6. The number of non-ortho nitro benzene ring substituents is 1. The van der Waals surface area contributed by atoms with Gasteiger partial charge < -0.3 is 15.4 Å². The highest BCUT2D eigenvalue weighted by Crippen LogP contribution is 2.47. The Kier molecular flexibility index (Phi) is 6.00. The second-order valence-corrected chi connectivity index (χ2v) is 9.44. The lowest BCUT2D eigenvalue weighted by molar-refractivity contribution is -0.384. The van der Waals surface area contributed by atoms with E-state index in [2.05, 4.69) is 10.6 Å². The third kappa shape index (κ3) is 4.31. The third-order valence-electron chi connectivity index (χ3n) is 6.25. The first kappa shape index (κ1) is 23.2. The summed E-state index contributed by atoms with van der Waals surface area (Å²) in [5, 5.41) is 17.7. The molecule has 1 amide bonds. The monoisotopic (exact) mass is 461 g/mol. The van der Waals surface area contributed by atoms with Gasteiger partial charge in [-0.1, -0.05) is 38.1 Å². The van der Waals surface area contributed by atoms with E-state index >= 15 is 0 Å². The lowest BCUT2D eigenvalue weighted by Crippen LogP contribution is -2.39. The van der Waals surface area contributed by atoms with Crippen LogP contribution in [0.25, 0.3) is 0 Å². The predicted octanol–water partition coefficient (Wildman–Crippen LogP) is 4.85. The molecule has 0 unspecified atom stereocenters. The zero-order valence-electron chi connectivity index (χ0n) is 19.6. The molecule has 0 bridgehead atoms. The van der Waals surface area contributed by atoms with Crippen LogP contribution in [0.2, 0.25) is 0 Å². The summed E-state index contributed by atoms with van der Waals surface area (Å²) in [6.07, 6.45) is 0.970. The number of hydrogen-bond acceptors (Lipinski definition) is 6. The van der Waals surface area contributed by atoms with Crippen molar-refractivity contribution in [1.82, 2.24) is 5.32 Å². The number of carbonyl (C=O) groups is 2. The minimum atomic E-state index is -0.727. The van der Waals surface area contributed by atoms with Gasteiger partial charge in [0.1, 0.15) is 5.75 Å². The number of methoxy groups -OCH3 is 1. The van der Waals surface area contributed by atoms with Gasteiger partial charge in [-0.25, -0.2) is 0 Å². The predicted molar refractivity (Wildman–Crippen MR) is 128 cm³/mol. The number of nitro groups is 1. The number of nitrogens with one attached hydrogen (secondary N) is 2. The maximum Gasteiger partial charge on any atom is 0.269 e. The molecule has 0 saturated carbocycles. The smallest absolute Gasteiger partial charge is 0.269 e. The fourth-order valence-corrected chi connectivity index (χ4v) is 4.83. The van der Waals surface area contributed by atoms with Crippen molar-refractivity contribution in [2.24, 2.45) is 5.41 Å². The Hall–Kier alpha value is -3.94. The number of benzene rings is 2. The lowest BCUT2D eigenvalue weighted by Gasteiger charge is -2.39. The van der Waals surface area contributed by atoms with E-state index in [9.17, 15) is 19.7 Å². The second kappa shape index (κ2) is 8.78. The second-order valence-electron chi connectivity index (χ2n) is 9.44. The first-order chi connectivity index (χ1) is 16.1. The van der Waals surface area contributed by atoms with Gasteiger partial charge in [-0.2, -0.15) is 0 Å². The van der Waals surface area contributed by atoms with E-state index in [1.54, 1.807) is 43.3 Å². The van der Waals surface area contributed by atoms with Crippen LogP contribution >= 0.6 is 0 Å². The topological polar surface area (TPSA) is 111 Å². The largest absolute Gasteiger partial charge is 0.495 e. The van der Waals surface area contributed by atoms with Crippen molar-refractivity contribution < 1.29 is 19.2 Å². The zero-order chi connectivity index (χ0) is 24.6. The molecule has 8 heteroatoms. The van der Waals surface area contributed by atoms with E-state index in [4.69, 9.17) is 4.74 Å². The van der Waals surface area contributed by atoms with E-state index in [-0.39, 0.29) is 16.9 Å². The highest BCUT2D eigenvalue weighted by atomic mass is 16.6. The van der Waals surface area contributed by atoms with Gasteiger partial charge in [0.15, 0.2) is 5.78 Å². The van der Waals surface area contributed by atoms with Gasteiger partial charge in [0, 0.05) is 47.0 Å². The SMILES string of the molecule is COc1ccccc1NC(=O)C1=C(C)NC2=C(C(=O)CC(C)(C)C2)[C@H]1c1cccc([N+](=O)[O-])c1. The number of nitrogens with zero attached hydrogens (tertiary/aromatic N) is 1. The minimum Gasteiger partial charge on any atom is -0.495 e. The molecule has 2 aliphatic rings. The molecule has 0 aromatic heterocycles. The molecular weight excluding hydrogens is 434 g/mol. The van der Waals surface area contributed by atoms with Crippen LogP contribution in [0.15, 0.2) is 71.1 Å². The Bertz CT molecular complexity index is 1260. The van der Waals surface area contributed by atoms with Crippen molar-refractivity contribution in [1.29, 1.82) is 0 Å². The fourth-order valence-electron chi connectivity index (χ4n) is 4.83. The molecule has 1 aliphatic carbocycles. The van der Waals surface area contributed by atoms with Gasteiger partial charge in [-0.15, -0.1) is 0 Å². The van der Waals surface area contributed by atoms with Crippen LogP contribution in [0.1, 0.15) is 45.1 Å². The highest BCUT2D eigenvalue weighted by molar-refractivity contribution is 6.10. The number of allylic oxidation sites excluding steroid dienone is 3. The summed E-state index contributed by atoms with van der Waals surface area (Å²) in [6.45, 7) is 5.85. The number of carbonyl (C=O) groups excluding carboxylic acids is 2. The molecule has 4 rings (SSSR count). The molecule has 0 radical (unpaired) electrons. The summed E-state index contributed by atoms with van der Waals surface area (Å²) >= 11 is 0. The molecule has 0 saturated heterocycles. The molecule has 176 valence electrons. The van der Waals surface area contributed by atoms with Gasteiger partial charge in [-0.3, -0.25) is 19.7 Å². The van der Waals surface area contributed by atoms with Crippen molar-refractivity contribution in [2.75, 3.05) is 12.4 Å². The summed E-state index contributed by atoms with van der Waals surface area (Å²) < 4.78 is 5.35. The summed E-state index contributed by atoms with van der Waals surface area (Å²) in [7, 11) is 1.52. The highest BCUT2D eigenvalue weighted by Gasteiger charge is 2.43. The Balaban J connectivity index is 1.84. The average Bonchev–Trinajstić information content (AvgIpc) is 2.77. The number of para-hydroxylation sites is 2. The molecule has 0 spiro atoms. The number of Topliss-reactive ketones (excluding diaryl/α,β-unsaturated/α-hetero) is 1. The van der Waals surface area contributed by atoms with E-state index in [0.29, 0.717) is 46.7 Å². The number of anilines is 1. The van der Waals surface area contributed by atoms with Crippen LogP contribution < -0.4 is 15.4 Å². The molecule has 8 nitrogen and oxygen atoms in total. The third-order valence-corrected chi connectivity index (χ3v) is 6.25. The molecule has 0 fully saturated rings. The van der Waals surface area contributed by atoms with Crippen LogP contribution in [0.4, 0.5) is 11.4 Å². The summed E-state index contributed by atoms with van der Waals surface area (Å²) in [4.78, 5) is 38.0. The van der Waals surface area contributed by atoms with Crippen molar-refractivity contribution in [2.45, 2.75) is 39.5 Å². The van der Waals surface area contributed by atoms with Gasteiger partial charge in [-0.05, 0) is 36.5 Å². The maximum absolute atomic E-state index is 13.6. The summed E-state index contributed by atoms with van der Waals surface area (Å²) in [5.74, 6) is -0.699. The van der Waals surface area contributed by atoms with E-state index in [1.807, 2.05) is 13.8 Å². The first-order valence-corrected chi connectivity index (χ1v) is 11.0. The average molecular weight is 462 g/mol. The van der Waals surface area contributed by atoms with Crippen molar-refractivity contribution in [3.05, 3.63) is 86.7 Å². The standard InChI is InChI=1S/C26H27N3O5/c1-15-22(25(31)28-18-10-5-6-11-21(18)34-4)23(16-8-7-9-17(12-16)29(32)33)24-19(27-15)13-26(2,3)14-20(24)30/h5-12,23,27H,13-14H2,1-4H3,(H,28,31)/t23-/m0/s1. The molecule has 2 aromatic rings. The minimum absolute atomic E-state index is 0.0645. The Labute approximate surface area is 197 Å². The van der Waals surface area contributed by atoms with Gasteiger partial charge >= 0.3 is 0 Å². The molecule has 1 aliphatic heterocycles. The number of dihydropyridines is 1. The fraction of sp³-hybridized carbons (Fsp3) is 0.308. The number of amides is 1. The molecule has 2 N–H and O–H groups in total. The Morgan fingerprint density at radius 1 is 1.18 bits per heavy atom. The number of ether oxygens (including phenoxy) is 1. The normalized spacial score (nSPS) is 19.3. The molecular formula is C26H27N3O5. The van der Waals surface area contributed by atoms with E-state index in [1.165, 1.54) is 19.2 Å². The number of ketones is 1. The quantitative estimate of drug-likeness (QED) is 0.487. The van der Waals surface area contributed by atoms with Crippen LogP contribution in [0.3, 0.4) is 0 Å². The van der Waals surface area contributed by atoms with Gasteiger partial charge in [0.25, 0.3) is 11.6 Å². The first-order valence-electron chi connectivity index (χ1n) is 11.0. The summed E-state index contributed by atoms with van der Waals surface area (Å²) in [6, 6.07) is 13.2. The molecule has 1 atom stereocenters. The lowest BCUT2D eigenvalue weighted by atomic mass is 9.68. The number of rotatable bonds is 5. The van der Waals surface area contributed by atoms with Crippen LogP contribution in [0.5, 0.6) is 5.75 Å². The summed E-state index contributed by atoms with van der Waals surface area (Å²) in [5.41, 5.74) is 2.91. The van der Waals surface area contributed by atoms with E-state index < -0.39 is 16.7 Å². The van der Waals surface area contributed by atoms with Gasteiger partial charge in [0.2, 0.25) is 0 Å². The number of hydrogen-bond donors (Lipinski definition) is 2. The van der Waals surface area contributed by atoms with Crippen LogP contribution in [-0.4, -0.2) is 23.7 Å². The van der Waals surface area contributed by atoms with Crippen LogP contribution in [-0.2, 0) is 9.59 Å². The molecule has 2 aromatic carbocycles. The van der Waals surface area contributed by atoms with Gasteiger partial charge in [0.05, 0.1) is 17.7 Å². The van der Waals surface area contributed by atoms with Crippen molar-refractivity contribution in [3.8, 4) is 5.75 Å². The maximum atomic E-state index is 13.6. The number of nitro benzene ring substituents is 1. The van der Waals surface area contributed by atoms with Crippen LogP contribution in [0, 0.1) is 15.5 Å². The Morgan fingerprint density at radius 2 is 1.91 bits per heavy atom. The molecule has 34 heavy (non-hydrogen) atoms.